The molecule has 1 amide bonds. The van der Waals surface area contributed by atoms with E-state index < -0.39 is 6.10 Å². The Hall–Kier alpha value is -4.03. The molecule has 7 heteroatoms. The van der Waals surface area contributed by atoms with Gasteiger partial charge in [-0.2, -0.15) is 5.10 Å². The minimum atomic E-state index is -0.726. The number of halogens is 1. The van der Waals surface area contributed by atoms with Crippen LogP contribution in [-0.2, 0) is 11.4 Å². The molecule has 0 aliphatic carbocycles. The molecule has 0 radical (unpaired) electrons. The summed E-state index contributed by atoms with van der Waals surface area (Å²) in [6.07, 6.45) is 0.810. The van der Waals surface area contributed by atoms with E-state index in [2.05, 4.69) is 10.5 Å². The second-order valence-corrected chi connectivity index (χ2v) is 8.23. The number of amides is 1. The standard InChI is InChI=1S/C28H25ClN2O4/c1-19(35-25-9-5-7-22-6-3-4-8-24(22)25)28(32)31-30-17-21-12-15-26(27(16-21)33-2)34-18-20-10-13-23(29)14-11-20/h3-17,19H,18H2,1-2H3,(H,31,32). The van der Waals surface area contributed by atoms with E-state index >= 15 is 0 Å². The summed E-state index contributed by atoms with van der Waals surface area (Å²) in [5.41, 5.74) is 4.26. The number of benzene rings is 4. The van der Waals surface area contributed by atoms with E-state index in [-0.39, 0.29) is 5.91 Å². The van der Waals surface area contributed by atoms with E-state index in [4.69, 9.17) is 25.8 Å². The van der Waals surface area contributed by atoms with E-state index in [0.29, 0.717) is 28.9 Å². The highest BCUT2D eigenvalue weighted by molar-refractivity contribution is 6.30. The van der Waals surface area contributed by atoms with Crippen LogP contribution < -0.4 is 19.6 Å². The summed E-state index contributed by atoms with van der Waals surface area (Å²) in [7, 11) is 1.57. The van der Waals surface area contributed by atoms with Gasteiger partial charge >= 0.3 is 0 Å². The van der Waals surface area contributed by atoms with Crippen LogP contribution >= 0.6 is 11.6 Å². The summed E-state index contributed by atoms with van der Waals surface area (Å²) in [4.78, 5) is 12.5. The molecule has 1 N–H and O–H groups in total. The Bertz CT molecular complexity index is 1330. The van der Waals surface area contributed by atoms with Crippen molar-refractivity contribution < 1.29 is 19.0 Å². The van der Waals surface area contributed by atoms with Crippen molar-refractivity contribution in [3.8, 4) is 17.2 Å². The van der Waals surface area contributed by atoms with Gasteiger partial charge in [-0.25, -0.2) is 5.43 Å². The topological polar surface area (TPSA) is 69.2 Å². The molecule has 1 atom stereocenters. The fraction of sp³-hybridized carbons (Fsp3) is 0.143. The van der Waals surface area contributed by atoms with Crippen molar-refractivity contribution >= 4 is 34.5 Å². The molecular formula is C28H25ClN2O4. The molecule has 0 aliphatic rings. The van der Waals surface area contributed by atoms with Gasteiger partial charge in [-0.15, -0.1) is 0 Å². The lowest BCUT2D eigenvalue weighted by Gasteiger charge is -2.14. The molecule has 0 bridgehead atoms. The first-order valence-electron chi connectivity index (χ1n) is 11.1. The van der Waals surface area contributed by atoms with Crippen molar-refractivity contribution in [2.24, 2.45) is 5.10 Å². The SMILES string of the molecule is COc1cc(C=NNC(=O)C(C)Oc2cccc3ccccc23)ccc1OCc1ccc(Cl)cc1. The molecule has 6 nitrogen and oxygen atoms in total. The third kappa shape index (κ3) is 6.31. The largest absolute Gasteiger partial charge is 0.493 e. The second kappa shape index (κ2) is 11.4. The molecule has 0 fully saturated rings. The zero-order chi connectivity index (χ0) is 24.6. The van der Waals surface area contributed by atoms with Crippen molar-refractivity contribution in [1.29, 1.82) is 0 Å². The van der Waals surface area contributed by atoms with Crippen molar-refractivity contribution in [2.75, 3.05) is 7.11 Å². The molecule has 0 heterocycles. The number of fused-ring (bicyclic) bond motifs is 1. The maximum absolute atomic E-state index is 12.5. The lowest BCUT2D eigenvalue weighted by molar-refractivity contribution is -0.127. The fourth-order valence-electron chi connectivity index (χ4n) is 3.43. The normalized spacial score (nSPS) is 11.9. The zero-order valence-corrected chi connectivity index (χ0v) is 20.2. The Balaban J connectivity index is 1.34. The lowest BCUT2D eigenvalue weighted by Crippen LogP contribution is -2.33. The van der Waals surface area contributed by atoms with Crippen LogP contribution in [0.2, 0.25) is 5.02 Å². The van der Waals surface area contributed by atoms with Gasteiger partial charge in [0.05, 0.1) is 13.3 Å². The van der Waals surface area contributed by atoms with Gasteiger partial charge in [0, 0.05) is 10.4 Å². The zero-order valence-electron chi connectivity index (χ0n) is 19.4. The molecule has 0 aromatic heterocycles. The lowest BCUT2D eigenvalue weighted by atomic mass is 10.1. The fourth-order valence-corrected chi connectivity index (χ4v) is 3.56. The van der Waals surface area contributed by atoms with Crippen LogP contribution in [0.3, 0.4) is 0 Å². The van der Waals surface area contributed by atoms with Crippen LogP contribution in [0.4, 0.5) is 0 Å². The van der Waals surface area contributed by atoms with E-state index in [9.17, 15) is 4.79 Å². The van der Waals surface area contributed by atoms with Gasteiger partial charge < -0.3 is 14.2 Å². The van der Waals surface area contributed by atoms with Gasteiger partial charge in [0.25, 0.3) is 5.91 Å². The first-order chi connectivity index (χ1) is 17.0. The van der Waals surface area contributed by atoms with Crippen molar-refractivity contribution in [2.45, 2.75) is 19.6 Å². The van der Waals surface area contributed by atoms with Gasteiger partial charge in [0.15, 0.2) is 17.6 Å². The minimum Gasteiger partial charge on any atom is -0.493 e. The van der Waals surface area contributed by atoms with E-state index in [1.165, 1.54) is 6.21 Å². The number of nitrogens with one attached hydrogen (secondary N) is 1. The van der Waals surface area contributed by atoms with Crippen LogP contribution in [0.1, 0.15) is 18.1 Å². The van der Waals surface area contributed by atoms with E-state index in [1.54, 1.807) is 26.2 Å². The maximum atomic E-state index is 12.5. The van der Waals surface area contributed by atoms with Crippen molar-refractivity contribution in [3.05, 3.63) is 101 Å². The number of carbonyl (C=O) groups excluding carboxylic acids is 1. The molecule has 4 aromatic carbocycles. The van der Waals surface area contributed by atoms with E-state index in [0.717, 1.165) is 21.9 Å². The summed E-state index contributed by atoms with van der Waals surface area (Å²) in [6, 6.07) is 26.5. The monoisotopic (exact) mass is 488 g/mol. The Labute approximate surface area is 209 Å². The molecule has 178 valence electrons. The summed E-state index contributed by atoms with van der Waals surface area (Å²) < 4.78 is 17.2. The molecule has 0 saturated heterocycles. The summed E-state index contributed by atoms with van der Waals surface area (Å²) in [6.45, 7) is 2.06. The highest BCUT2D eigenvalue weighted by atomic mass is 35.5. The molecular weight excluding hydrogens is 464 g/mol. The molecule has 0 spiro atoms. The number of hydrogen-bond acceptors (Lipinski definition) is 5. The minimum absolute atomic E-state index is 0.357. The van der Waals surface area contributed by atoms with Crippen molar-refractivity contribution in [1.82, 2.24) is 5.43 Å². The predicted octanol–water partition coefficient (Wildman–Crippen LogP) is 6.00. The average molecular weight is 489 g/mol. The summed E-state index contributed by atoms with van der Waals surface area (Å²) >= 11 is 5.92. The van der Waals surface area contributed by atoms with Gasteiger partial charge in [-0.3, -0.25) is 4.79 Å². The Morgan fingerprint density at radius 1 is 0.971 bits per heavy atom. The maximum Gasteiger partial charge on any atom is 0.280 e. The first-order valence-corrected chi connectivity index (χ1v) is 11.4. The third-order valence-electron chi connectivity index (χ3n) is 5.31. The molecule has 4 aromatic rings. The number of ether oxygens (including phenoxy) is 3. The Morgan fingerprint density at radius 2 is 1.74 bits per heavy atom. The highest BCUT2D eigenvalue weighted by Gasteiger charge is 2.15. The Morgan fingerprint density at radius 3 is 2.54 bits per heavy atom. The number of nitrogens with zero attached hydrogens (tertiary/aromatic N) is 1. The number of carbonyl (C=O) groups is 1. The third-order valence-corrected chi connectivity index (χ3v) is 5.56. The number of hydrogen-bond donors (Lipinski definition) is 1. The summed E-state index contributed by atoms with van der Waals surface area (Å²) in [5.74, 6) is 1.44. The average Bonchev–Trinajstić information content (AvgIpc) is 2.88. The Kier molecular flexibility index (Phi) is 7.85. The highest BCUT2D eigenvalue weighted by Crippen LogP contribution is 2.29. The van der Waals surface area contributed by atoms with Gasteiger partial charge in [-0.1, -0.05) is 60.1 Å². The number of hydrazone groups is 1. The summed E-state index contributed by atoms with van der Waals surface area (Å²) in [5, 5.41) is 6.73. The molecule has 4 rings (SSSR count). The molecule has 0 saturated carbocycles. The van der Waals surface area contributed by atoms with Crippen LogP contribution in [0.15, 0.2) is 90.0 Å². The van der Waals surface area contributed by atoms with Crippen molar-refractivity contribution in [3.63, 3.8) is 0 Å². The first kappa shape index (κ1) is 24.1. The van der Waals surface area contributed by atoms with Crippen LogP contribution in [-0.4, -0.2) is 25.3 Å². The van der Waals surface area contributed by atoms with Gasteiger partial charge in [0.1, 0.15) is 12.4 Å². The molecule has 35 heavy (non-hydrogen) atoms. The van der Waals surface area contributed by atoms with Crippen LogP contribution in [0, 0.1) is 0 Å². The molecule has 1 unspecified atom stereocenters. The van der Waals surface area contributed by atoms with Gasteiger partial charge in [0.2, 0.25) is 0 Å². The van der Waals surface area contributed by atoms with Crippen LogP contribution in [0.5, 0.6) is 17.2 Å². The quantitative estimate of drug-likeness (QED) is 0.232. The smallest absolute Gasteiger partial charge is 0.280 e. The predicted molar refractivity (Wildman–Crippen MR) is 139 cm³/mol. The number of methoxy groups -OCH3 is 1. The number of rotatable bonds is 9. The van der Waals surface area contributed by atoms with Gasteiger partial charge in [-0.05, 0) is 59.8 Å². The second-order valence-electron chi connectivity index (χ2n) is 7.80. The van der Waals surface area contributed by atoms with E-state index in [1.807, 2.05) is 72.8 Å². The molecule has 0 aliphatic heterocycles. The van der Waals surface area contributed by atoms with Crippen LogP contribution in [0.25, 0.3) is 10.8 Å².